The Hall–Kier alpha value is -1.18. The van der Waals surface area contributed by atoms with Crippen LogP contribution < -0.4 is 0 Å². The lowest BCUT2D eigenvalue weighted by Crippen LogP contribution is -2.26. The number of Topliss-reactive ketones (excluding diaryl/α,β-unsaturated/α-hetero) is 1. The van der Waals surface area contributed by atoms with E-state index in [-0.39, 0.29) is 17.2 Å². The fourth-order valence-corrected chi connectivity index (χ4v) is 2.52. The summed E-state index contributed by atoms with van der Waals surface area (Å²) < 4.78 is 12.5. The third-order valence-electron chi connectivity index (χ3n) is 4.50. The summed E-state index contributed by atoms with van der Waals surface area (Å²) in [6.45, 7) is 28.5. The second-order valence-electron chi connectivity index (χ2n) is 9.07. The Bertz CT molecular complexity index is 512. The van der Waals surface area contributed by atoms with Crippen molar-refractivity contribution in [1.82, 2.24) is 0 Å². The number of hydrogen-bond acceptors (Lipinski definition) is 1. The van der Waals surface area contributed by atoms with Crippen molar-refractivity contribution in [2.24, 2.45) is 17.3 Å². The molecule has 2 heteroatoms. The van der Waals surface area contributed by atoms with Crippen molar-refractivity contribution in [3.8, 4) is 0 Å². The summed E-state index contributed by atoms with van der Waals surface area (Å²) in [6, 6.07) is 5.09. The van der Waals surface area contributed by atoms with Crippen LogP contribution in [0.15, 0.2) is 18.2 Å². The lowest BCUT2D eigenvalue weighted by Gasteiger charge is -2.20. The third kappa shape index (κ3) is 25.0. The Balaban J connectivity index is -0.000000163. The Morgan fingerprint density at radius 3 is 1.68 bits per heavy atom. The first-order chi connectivity index (χ1) is 14.4. The van der Waals surface area contributed by atoms with Crippen LogP contribution in [0.2, 0.25) is 0 Å². The van der Waals surface area contributed by atoms with Crippen molar-refractivity contribution in [3.63, 3.8) is 0 Å². The number of benzene rings is 1. The summed E-state index contributed by atoms with van der Waals surface area (Å²) in [6.07, 6.45) is 6.56. The summed E-state index contributed by atoms with van der Waals surface area (Å²) in [5.74, 6) is 1.37. The van der Waals surface area contributed by atoms with Gasteiger partial charge in [-0.25, -0.2) is 4.39 Å². The van der Waals surface area contributed by atoms with Gasteiger partial charge in [-0.05, 0) is 37.8 Å². The van der Waals surface area contributed by atoms with E-state index in [9.17, 15) is 9.18 Å². The summed E-state index contributed by atoms with van der Waals surface area (Å²) in [4.78, 5) is 11.4. The second kappa shape index (κ2) is 23.5. The van der Waals surface area contributed by atoms with Crippen LogP contribution in [0.1, 0.15) is 126 Å². The maximum atomic E-state index is 12.5. The highest BCUT2D eigenvalue weighted by atomic mass is 19.1. The predicted octanol–water partition coefficient (Wildman–Crippen LogP) is 10.4. The summed E-state index contributed by atoms with van der Waals surface area (Å²) in [5.41, 5.74) is 1.67. The maximum absolute atomic E-state index is 12.5. The molecule has 0 spiro atoms. The highest BCUT2D eigenvalue weighted by Crippen LogP contribution is 2.21. The van der Waals surface area contributed by atoms with Gasteiger partial charge in [0.2, 0.25) is 0 Å². The predicted molar refractivity (Wildman–Crippen MR) is 141 cm³/mol. The first-order valence-corrected chi connectivity index (χ1v) is 12.6. The molecule has 0 fully saturated rings. The molecule has 0 N–H and O–H groups in total. The number of aryl methyl sites for hydroxylation is 2. The van der Waals surface area contributed by atoms with Crippen molar-refractivity contribution < 1.29 is 9.18 Å². The van der Waals surface area contributed by atoms with Crippen molar-refractivity contribution in [3.05, 3.63) is 35.1 Å². The molecule has 1 nitrogen and oxygen atoms in total. The zero-order chi connectivity index (χ0) is 25.6. The minimum atomic E-state index is -0.157. The van der Waals surface area contributed by atoms with E-state index in [2.05, 4.69) is 20.8 Å². The Morgan fingerprint density at radius 2 is 1.42 bits per heavy atom. The molecule has 0 aliphatic rings. The van der Waals surface area contributed by atoms with E-state index in [1.54, 1.807) is 13.0 Å². The van der Waals surface area contributed by atoms with E-state index in [1.807, 2.05) is 75.3 Å². The molecule has 1 unspecified atom stereocenters. The molecule has 1 aromatic rings. The smallest absolute Gasteiger partial charge is 0.140 e. The van der Waals surface area contributed by atoms with E-state index < -0.39 is 0 Å². The van der Waals surface area contributed by atoms with Gasteiger partial charge in [-0.2, -0.15) is 0 Å². The third-order valence-corrected chi connectivity index (χ3v) is 4.50. The van der Waals surface area contributed by atoms with Crippen molar-refractivity contribution in [2.45, 2.75) is 129 Å². The van der Waals surface area contributed by atoms with Crippen LogP contribution in [0.25, 0.3) is 0 Å². The molecule has 0 aliphatic heterocycles. The first kappa shape index (κ1) is 37.2. The van der Waals surface area contributed by atoms with Crippen molar-refractivity contribution in [1.29, 1.82) is 0 Å². The Morgan fingerprint density at radius 1 is 0.935 bits per heavy atom. The molecule has 0 bridgehead atoms. The minimum absolute atomic E-state index is 0.124. The summed E-state index contributed by atoms with van der Waals surface area (Å²) in [7, 11) is 0. The number of rotatable bonds is 6. The quantitative estimate of drug-likeness (QED) is 0.402. The maximum Gasteiger partial charge on any atom is 0.140 e. The average Bonchev–Trinajstić information content (AvgIpc) is 2.73. The van der Waals surface area contributed by atoms with Gasteiger partial charge in [0.1, 0.15) is 11.6 Å². The van der Waals surface area contributed by atoms with E-state index >= 15 is 0 Å². The number of carbonyl (C=O) groups excluding carboxylic acids is 1. The van der Waals surface area contributed by atoms with Gasteiger partial charge < -0.3 is 0 Å². The number of ketones is 1. The first-order valence-electron chi connectivity index (χ1n) is 12.6. The van der Waals surface area contributed by atoms with E-state index in [1.165, 1.54) is 31.7 Å². The van der Waals surface area contributed by atoms with Crippen LogP contribution in [0.3, 0.4) is 0 Å². The molecule has 186 valence electrons. The van der Waals surface area contributed by atoms with Crippen LogP contribution in [-0.4, -0.2) is 5.78 Å². The molecular weight excluding hydrogens is 383 g/mol. The van der Waals surface area contributed by atoms with Gasteiger partial charge in [-0.1, -0.05) is 126 Å². The van der Waals surface area contributed by atoms with Gasteiger partial charge in [0.25, 0.3) is 0 Å². The number of carbonyl (C=O) groups is 1. The fourth-order valence-electron chi connectivity index (χ4n) is 2.52. The SMILES string of the molecule is CC.CC.CCC(C)C(=O)C(C)(C)C.CCCCCC(C)C.Cc1ccc(F)c(C)c1. The van der Waals surface area contributed by atoms with Crippen molar-refractivity contribution >= 4 is 5.78 Å². The normalized spacial score (nSPS) is 10.7. The standard InChI is InChI=1S/C9H18O.C8H9F.C8H18.2C2H6/c1-6-7(2)8(10)9(3,4)5;1-6-3-4-8(9)7(2)5-6;1-4-5-6-7-8(2)3;2*1-2/h7H,6H2,1-5H3;3-5H,1-2H3;8H,4-7H2,1-3H3;2*1-2H3. The monoisotopic (exact) mass is 440 g/mol. The van der Waals surface area contributed by atoms with Gasteiger partial charge in [0.05, 0.1) is 0 Å². The van der Waals surface area contributed by atoms with Crippen molar-refractivity contribution in [2.75, 3.05) is 0 Å². The molecular formula is C29H57FO. The average molecular weight is 441 g/mol. The molecule has 0 saturated heterocycles. The minimum Gasteiger partial charge on any atom is -0.299 e. The van der Waals surface area contributed by atoms with E-state index in [0.29, 0.717) is 5.78 Å². The van der Waals surface area contributed by atoms with Gasteiger partial charge in [-0.15, -0.1) is 0 Å². The molecule has 0 heterocycles. The van der Waals surface area contributed by atoms with Crippen LogP contribution in [0.5, 0.6) is 0 Å². The van der Waals surface area contributed by atoms with Crippen LogP contribution >= 0.6 is 0 Å². The zero-order valence-corrected chi connectivity index (χ0v) is 23.7. The largest absolute Gasteiger partial charge is 0.299 e. The Labute approximate surface area is 196 Å². The number of unbranched alkanes of at least 4 members (excludes halogenated alkanes) is 2. The molecule has 1 aromatic carbocycles. The number of halogens is 1. The molecule has 0 aromatic heterocycles. The molecule has 31 heavy (non-hydrogen) atoms. The number of hydrogen-bond donors (Lipinski definition) is 0. The fraction of sp³-hybridized carbons (Fsp3) is 0.759. The molecule has 0 amide bonds. The summed E-state index contributed by atoms with van der Waals surface area (Å²) in [5, 5.41) is 0. The molecule has 1 atom stereocenters. The Kier molecular flexibility index (Phi) is 28.1. The van der Waals surface area contributed by atoms with Gasteiger partial charge >= 0.3 is 0 Å². The zero-order valence-electron chi connectivity index (χ0n) is 23.7. The van der Waals surface area contributed by atoms with Gasteiger partial charge in [0.15, 0.2) is 0 Å². The highest BCUT2D eigenvalue weighted by molar-refractivity contribution is 5.85. The highest BCUT2D eigenvalue weighted by Gasteiger charge is 2.24. The van der Waals surface area contributed by atoms with E-state index in [0.717, 1.165) is 23.5 Å². The van der Waals surface area contributed by atoms with Crippen LogP contribution in [0.4, 0.5) is 4.39 Å². The van der Waals surface area contributed by atoms with E-state index in [4.69, 9.17) is 0 Å². The van der Waals surface area contributed by atoms with Gasteiger partial charge in [0, 0.05) is 11.3 Å². The lowest BCUT2D eigenvalue weighted by molar-refractivity contribution is -0.129. The lowest BCUT2D eigenvalue weighted by atomic mass is 9.83. The molecule has 0 radical (unpaired) electrons. The molecule has 1 rings (SSSR count). The summed E-state index contributed by atoms with van der Waals surface area (Å²) >= 11 is 0. The molecule has 0 saturated carbocycles. The van der Waals surface area contributed by atoms with Crippen LogP contribution in [0, 0.1) is 36.9 Å². The van der Waals surface area contributed by atoms with Gasteiger partial charge in [-0.3, -0.25) is 4.79 Å². The second-order valence-corrected chi connectivity index (χ2v) is 9.07. The molecule has 0 aliphatic carbocycles. The topological polar surface area (TPSA) is 17.1 Å². The van der Waals surface area contributed by atoms with Crippen LogP contribution in [-0.2, 0) is 4.79 Å².